The van der Waals surface area contributed by atoms with Gasteiger partial charge in [0.1, 0.15) is 5.60 Å². The fourth-order valence-electron chi connectivity index (χ4n) is 3.42. The number of ether oxygens (including phenoxy) is 1. The van der Waals surface area contributed by atoms with Gasteiger partial charge in [0.2, 0.25) is 0 Å². The van der Waals surface area contributed by atoms with E-state index in [4.69, 9.17) is 4.74 Å². The summed E-state index contributed by atoms with van der Waals surface area (Å²) in [5, 5.41) is 0. The van der Waals surface area contributed by atoms with Gasteiger partial charge in [0.15, 0.2) is 0 Å². The van der Waals surface area contributed by atoms with Crippen molar-refractivity contribution in [3.05, 3.63) is 71.8 Å². The second-order valence-corrected chi connectivity index (χ2v) is 8.23. The maximum atomic E-state index is 12.2. The van der Waals surface area contributed by atoms with E-state index in [1.807, 2.05) is 32.9 Å². The van der Waals surface area contributed by atoms with Crippen LogP contribution in [0.4, 0.5) is 0 Å². The van der Waals surface area contributed by atoms with Crippen LogP contribution in [0.25, 0.3) is 0 Å². The van der Waals surface area contributed by atoms with Crippen LogP contribution in [-0.4, -0.2) is 22.5 Å². The summed E-state index contributed by atoms with van der Waals surface area (Å²) in [6.07, 6.45) is 1.58. The van der Waals surface area contributed by atoms with E-state index < -0.39 is 5.60 Å². The average molecular weight is 351 g/mol. The largest absolute Gasteiger partial charge is 0.460 e. The first-order valence-electron chi connectivity index (χ1n) is 9.44. The van der Waals surface area contributed by atoms with Crippen LogP contribution in [0, 0.1) is 5.92 Å². The molecule has 26 heavy (non-hydrogen) atoms. The van der Waals surface area contributed by atoms with Crippen LogP contribution in [0.15, 0.2) is 60.7 Å². The molecule has 0 amide bonds. The number of hydrogen-bond acceptors (Lipinski definition) is 3. The molecule has 0 radical (unpaired) electrons. The van der Waals surface area contributed by atoms with Crippen molar-refractivity contribution in [3.8, 4) is 0 Å². The van der Waals surface area contributed by atoms with Crippen LogP contribution < -0.4 is 0 Å². The van der Waals surface area contributed by atoms with Crippen LogP contribution in [0.3, 0.4) is 0 Å². The lowest BCUT2D eigenvalue weighted by molar-refractivity contribution is -0.155. The minimum absolute atomic E-state index is 0.0793. The van der Waals surface area contributed by atoms with Crippen molar-refractivity contribution in [1.29, 1.82) is 0 Å². The standard InChI is InChI=1S/C23H29NO2/c1-23(2,3)26-22(25)15-20-14-21(20)24(16-18-10-6-4-7-11-18)17-19-12-8-5-9-13-19/h4-13,20-21H,14-17H2,1-3H3. The fourth-order valence-corrected chi connectivity index (χ4v) is 3.42. The zero-order valence-corrected chi connectivity index (χ0v) is 16.0. The number of hydrogen-bond donors (Lipinski definition) is 0. The van der Waals surface area contributed by atoms with Crippen molar-refractivity contribution in [1.82, 2.24) is 4.90 Å². The number of rotatable bonds is 7. The molecule has 1 aliphatic rings. The van der Waals surface area contributed by atoms with Gasteiger partial charge in [-0.05, 0) is 44.2 Å². The van der Waals surface area contributed by atoms with Gasteiger partial charge in [0.05, 0.1) is 0 Å². The zero-order chi connectivity index (χ0) is 18.6. The van der Waals surface area contributed by atoms with Gasteiger partial charge >= 0.3 is 5.97 Å². The minimum atomic E-state index is -0.408. The Hall–Kier alpha value is -2.13. The van der Waals surface area contributed by atoms with Crippen molar-refractivity contribution in [2.45, 2.75) is 58.3 Å². The van der Waals surface area contributed by atoms with Crippen LogP contribution in [0.2, 0.25) is 0 Å². The highest BCUT2D eigenvalue weighted by Crippen LogP contribution is 2.40. The summed E-state index contributed by atoms with van der Waals surface area (Å²) in [6.45, 7) is 7.58. The summed E-state index contributed by atoms with van der Waals surface area (Å²) in [7, 11) is 0. The van der Waals surface area contributed by atoms with Gasteiger partial charge in [-0.1, -0.05) is 60.7 Å². The molecule has 3 heteroatoms. The van der Waals surface area contributed by atoms with Gasteiger partial charge in [0.25, 0.3) is 0 Å². The van der Waals surface area contributed by atoms with Crippen molar-refractivity contribution < 1.29 is 9.53 Å². The van der Waals surface area contributed by atoms with Gasteiger partial charge in [-0.2, -0.15) is 0 Å². The Morgan fingerprint density at radius 2 is 1.46 bits per heavy atom. The third-order valence-electron chi connectivity index (χ3n) is 4.66. The molecular weight excluding hydrogens is 322 g/mol. The lowest BCUT2D eigenvalue weighted by Crippen LogP contribution is -2.28. The van der Waals surface area contributed by atoms with Crippen LogP contribution in [0.1, 0.15) is 44.7 Å². The predicted molar refractivity (Wildman–Crippen MR) is 104 cm³/mol. The third-order valence-corrected chi connectivity index (χ3v) is 4.66. The molecule has 2 aromatic rings. The number of benzene rings is 2. The van der Waals surface area contributed by atoms with E-state index in [1.165, 1.54) is 11.1 Å². The first-order chi connectivity index (χ1) is 12.4. The van der Waals surface area contributed by atoms with Crippen molar-refractivity contribution >= 4 is 5.97 Å². The normalized spacial score (nSPS) is 19.4. The molecule has 1 aliphatic carbocycles. The highest BCUT2D eigenvalue weighted by atomic mass is 16.6. The second kappa shape index (κ2) is 8.05. The predicted octanol–water partition coefficient (Wildman–Crippen LogP) is 4.81. The van der Waals surface area contributed by atoms with Crippen LogP contribution in [0.5, 0.6) is 0 Å². The third kappa shape index (κ3) is 5.70. The lowest BCUT2D eigenvalue weighted by atomic mass is 10.1. The Morgan fingerprint density at radius 3 is 1.92 bits per heavy atom. The van der Waals surface area contributed by atoms with Crippen molar-refractivity contribution in [2.24, 2.45) is 5.92 Å². The van der Waals surface area contributed by atoms with E-state index in [-0.39, 0.29) is 5.97 Å². The number of carbonyl (C=O) groups excluding carboxylic acids is 1. The molecule has 3 rings (SSSR count). The van der Waals surface area contributed by atoms with E-state index in [0.717, 1.165) is 19.5 Å². The van der Waals surface area contributed by atoms with E-state index >= 15 is 0 Å². The molecule has 2 atom stereocenters. The second-order valence-electron chi connectivity index (χ2n) is 8.23. The van der Waals surface area contributed by atoms with E-state index in [0.29, 0.717) is 18.4 Å². The Morgan fingerprint density at radius 1 is 0.962 bits per heavy atom. The molecule has 1 fully saturated rings. The van der Waals surface area contributed by atoms with Gasteiger partial charge in [-0.15, -0.1) is 0 Å². The molecular formula is C23H29NO2. The Bertz CT molecular complexity index is 664. The van der Waals surface area contributed by atoms with Gasteiger partial charge < -0.3 is 4.74 Å². The molecule has 0 aliphatic heterocycles. The quantitative estimate of drug-likeness (QED) is 0.671. The van der Waals surface area contributed by atoms with Crippen LogP contribution in [-0.2, 0) is 22.6 Å². The first kappa shape index (κ1) is 18.7. The SMILES string of the molecule is CC(C)(C)OC(=O)CC1CC1N(Cc1ccccc1)Cc1ccccc1. The highest BCUT2D eigenvalue weighted by Gasteiger charge is 2.43. The number of nitrogens with zero attached hydrogens (tertiary/aromatic N) is 1. The highest BCUT2D eigenvalue weighted by molar-refractivity contribution is 5.70. The van der Waals surface area contributed by atoms with E-state index in [9.17, 15) is 4.79 Å². The summed E-state index contributed by atoms with van der Waals surface area (Å²) in [6, 6.07) is 21.6. The maximum absolute atomic E-state index is 12.2. The molecule has 0 bridgehead atoms. The summed E-state index contributed by atoms with van der Waals surface area (Å²) in [5.74, 6) is 0.321. The summed E-state index contributed by atoms with van der Waals surface area (Å²) in [5.41, 5.74) is 2.22. The van der Waals surface area contributed by atoms with E-state index in [2.05, 4.69) is 53.4 Å². The number of esters is 1. The van der Waals surface area contributed by atoms with Crippen molar-refractivity contribution in [2.75, 3.05) is 0 Å². The monoisotopic (exact) mass is 351 g/mol. The lowest BCUT2D eigenvalue weighted by Gasteiger charge is -2.24. The van der Waals surface area contributed by atoms with Gasteiger partial charge in [0, 0.05) is 25.6 Å². The van der Waals surface area contributed by atoms with Gasteiger partial charge in [-0.25, -0.2) is 0 Å². The molecule has 2 unspecified atom stereocenters. The molecule has 0 spiro atoms. The Balaban J connectivity index is 1.63. The summed E-state index contributed by atoms with van der Waals surface area (Å²) < 4.78 is 5.50. The first-order valence-corrected chi connectivity index (χ1v) is 9.44. The number of carbonyl (C=O) groups is 1. The molecule has 0 N–H and O–H groups in total. The van der Waals surface area contributed by atoms with Gasteiger partial charge in [-0.3, -0.25) is 9.69 Å². The average Bonchev–Trinajstić information content (AvgIpc) is 3.33. The smallest absolute Gasteiger partial charge is 0.306 e. The molecule has 2 aromatic carbocycles. The molecule has 0 aromatic heterocycles. The minimum Gasteiger partial charge on any atom is -0.460 e. The summed E-state index contributed by atoms with van der Waals surface area (Å²) >= 11 is 0. The Labute approximate surface area is 157 Å². The van der Waals surface area contributed by atoms with Crippen molar-refractivity contribution in [3.63, 3.8) is 0 Å². The zero-order valence-electron chi connectivity index (χ0n) is 16.0. The van der Waals surface area contributed by atoms with E-state index in [1.54, 1.807) is 0 Å². The van der Waals surface area contributed by atoms with Crippen LogP contribution >= 0.6 is 0 Å². The fraction of sp³-hybridized carbons (Fsp3) is 0.435. The molecule has 0 saturated heterocycles. The molecule has 0 heterocycles. The Kier molecular flexibility index (Phi) is 5.77. The summed E-state index contributed by atoms with van der Waals surface area (Å²) in [4.78, 5) is 14.7. The molecule has 3 nitrogen and oxygen atoms in total. The molecule has 138 valence electrons. The topological polar surface area (TPSA) is 29.5 Å². The molecule has 1 saturated carbocycles. The maximum Gasteiger partial charge on any atom is 0.306 e.